The van der Waals surface area contributed by atoms with Crippen LogP contribution >= 0.6 is 11.6 Å². The Morgan fingerprint density at radius 3 is 2.64 bits per heavy atom. The van der Waals surface area contributed by atoms with Gasteiger partial charge in [-0.05, 0) is 43.0 Å². The summed E-state index contributed by atoms with van der Waals surface area (Å²) in [7, 11) is 0. The number of hydrogen-bond donors (Lipinski definition) is 0. The summed E-state index contributed by atoms with van der Waals surface area (Å²) in [6.07, 6.45) is 6.27. The summed E-state index contributed by atoms with van der Waals surface area (Å²) < 4.78 is 10.9. The topological polar surface area (TPSA) is 52.6 Å². The monoisotopic (exact) mass is 396 g/mol. The predicted molar refractivity (Wildman–Crippen MR) is 110 cm³/mol. The molecule has 2 aromatic carbocycles. The van der Waals surface area contributed by atoms with Gasteiger partial charge in [0.15, 0.2) is 0 Å². The van der Waals surface area contributed by atoms with Gasteiger partial charge in [0.25, 0.3) is 5.78 Å². The molecule has 0 bridgehead atoms. The molecule has 1 aliphatic carbocycles. The third kappa shape index (κ3) is 4.34. The van der Waals surface area contributed by atoms with E-state index in [0.717, 1.165) is 16.7 Å². The van der Waals surface area contributed by atoms with E-state index in [2.05, 4.69) is 0 Å². The molecule has 0 N–H and O–H groups in total. The van der Waals surface area contributed by atoms with E-state index in [1.54, 1.807) is 13.0 Å². The van der Waals surface area contributed by atoms with Crippen molar-refractivity contribution >= 4 is 29.4 Å². The maximum atomic E-state index is 12.9. The van der Waals surface area contributed by atoms with Crippen molar-refractivity contribution in [2.75, 3.05) is 6.61 Å². The van der Waals surface area contributed by atoms with Crippen LogP contribution in [0.1, 0.15) is 40.9 Å². The number of ketones is 1. The Balaban J connectivity index is 2.08. The Morgan fingerprint density at radius 2 is 1.93 bits per heavy atom. The van der Waals surface area contributed by atoms with Gasteiger partial charge in [-0.15, -0.1) is 0 Å². The largest absolute Gasteiger partial charge is 0.487 e. The van der Waals surface area contributed by atoms with Gasteiger partial charge in [0.1, 0.15) is 12.4 Å². The first-order valence-electron chi connectivity index (χ1n) is 9.08. The van der Waals surface area contributed by atoms with E-state index >= 15 is 0 Å². The molecule has 0 saturated carbocycles. The van der Waals surface area contributed by atoms with Crippen molar-refractivity contribution < 1.29 is 19.1 Å². The molecule has 5 heteroatoms. The minimum Gasteiger partial charge on any atom is -0.487 e. The molecule has 3 rings (SSSR count). The summed E-state index contributed by atoms with van der Waals surface area (Å²) in [6, 6.07) is 11.3. The number of carbonyl (C=O) groups excluding carboxylic acids is 2. The third-order valence-corrected chi connectivity index (χ3v) is 4.67. The SMILES string of the molecule is CCOC(=O)C(=O)c1c2c(cc(Cl)c1OCc1ccccc1)CC(C)=CC=C2. The van der Waals surface area contributed by atoms with Gasteiger partial charge in [-0.3, -0.25) is 4.79 Å². The van der Waals surface area contributed by atoms with Crippen molar-refractivity contribution in [3.63, 3.8) is 0 Å². The van der Waals surface area contributed by atoms with E-state index in [-0.39, 0.29) is 24.5 Å². The Labute approximate surface area is 169 Å². The van der Waals surface area contributed by atoms with Crippen molar-refractivity contribution in [2.24, 2.45) is 0 Å². The zero-order chi connectivity index (χ0) is 20.1. The van der Waals surface area contributed by atoms with E-state index in [4.69, 9.17) is 21.1 Å². The van der Waals surface area contributed by atoms with Gasteiger partial charge in [0.05, 0.1) is 17.2 Å². The molecular formula is C23H21ClO4. The lowest BCUT2D eigenvalue weighted by atomic mass is 9.94. The highest BCUT2D eigenvalue weighted by atomic mass is 35.5. The number of allylic oxidation sites excluding steroid dienone is 3. The summed E-state index contributed by atoms with van der Waals surface area (Å²) in [6.45, 7) is 4.00. The lowest BCUT2D eigenvalue weighted by Gasteiger charge is -2.18. The maximum Gasteiger partial charge on any atom is 0.379 e. The first-order chi connectivity index (χ1) is 13.5. The molecule has 0 amide bonds. The molecule has 144 valence electrons. The Kier molecular flexibility index (Phi) is 6.32. The summed E-state index contributed by atoms with van der Waals surface area (Å²) in [5, 5.41) is 0.297. The number of esters is 1. The van der Waals surface area contributed by atoms with Crippen molar-refractivity contribution in [1.29, 1.82) is 0 Å². The second-order valence-corrected chi connectivity index (χ2v) is 6.92. The van der Waals surface area contributed by atoms with Crippen LogP contribution in [0.15, 0.2) is 54.1 Å². The zero-order valence-corrected chi connectivity index (χ0v) is 16.6. The van der Waals surface area contributed by atoms with E-state index in [9.17, 15) is 9.59 Å². The number of fused-ring (bicyclic) bond motifs is 1. The van der Waals surface area contributed by atoms with Gasteiger partial charge < -0.3 is 9.47 Å². The van der Waals surface area contributed by atoms with Crippen LogP contribution in [0.4, 0.5) is 0 Å². The molecule has 0 radical (unpaired) electrons. The summed E-state index contributed by atoms with van der Waals surface area (Å²) in [5.74, 6) is -1.47. The summed E-state index contributed by atoms with van der Waals surface area (Å²) >= 11 is 6.49. The van der Waals surface area contributed by atoms with Crippen LogP contribution in [0.25, 0.3) is 6.08 Å². The number of halogens is 1. The van der Waals surface area contributed by atoms with Crippen LogP contribution < -0.4 is 4.74 Å². The van der Waals surface area contributed by atoms with Gasteiger partial charge in [0, 0.05) is 0 Å². The van der Waals surface area contributed by atoms with E-state index in [1.807, 2.05) is 55.5 Å². The average molecular weight is 397 g/mol. The normalized spacial score (nSPS) is 12.6. The van der Waals surface area contributed by atoms with Crippen LogP contribution in [-0.4, -0.2) is 18.4 Å². The molecule has 0 aliphatic heterocycles. The molecule has 0 unspecified atom stereocenters. The fourth-order valence-corrected chi connectivity index (χ4v) is 3.38. The quantitative estimate of drug-likeness (QED) is 0.383. The van der Waals surface area contributed by atoms with E-state index in [1.165, 1.54) is 0 Å². The first kappa shape index (κ1) is 19.9. The molecular weight excluding hydrogens is 376 g/mol. The predicted octanol–water partition coefficient (Wildman–Crippen LogP) is 5.18. The average Bonchev–Trinajstić information content (AvgIpc) is 2.86. The fourth-order valence-electron chi connectivity index (χ4n) is 3.10. The highest BCUT2D eigenvalue weighted by molar-refractivity contribution is 6.43. The van der Waals surface area contributed by atoms with E-state index < -0.39 is 11.8 Å². The summed E-state index contributed by atoms with van der Waals surface area (Å²) in [4.78, 5) is 25.1. The Bertz CT molecular complexity index is 958. The maximum absolute atomic E-state index is 12.9. The van der Waals surface area contributed by atoms with Gasteiger partial charge in [0.2, 0.25) is 0 Å². The summed E-state index contributed by atoms with van der Waals surface area (Å²) in [5.41, 5.74) is 3.71. The second-order valence-electron chi connectivity index (χ2n) is 6.51. The highest BCUT2D eigenvalue weighted by Gasteiger charge is 2.29. The third-order valence-electron chi connectivity index (χ3n) is 4.39. The molecule has 0 aromatic heterocycles. The van der Waals surface area contributed by atoms with Gasteiger partial charge in [-0.25, -0.2) is 4.79 Å². The molecule has 0 fully saturated rings. The van der Waals surface area contributed by atoms with E-state index in [0.29, 0.717) is 17.0 Å². The number of carbonyl (C=O) groups is 2. The Hall–Kier alpha value is -2.85. The van der Waals surface area contributed by atoms with Crippen molar-refractivity contribution in [3.05, 3.63) is 81.4 Å². The van der Waals surface area contributed by atoms with Crippen LogP contribution in [0, 0.1) is 0 Å². The number of ether oxygens (including phenoxy) is 2. The van der Waals surface area contributed by atoms with Crippen LogP contribution in [0.3, 0.4) is 0 Å². The molecule has 2 aromatic rings. The second kappa shape index (κ2) is 8.89. The Morgan fingerprint density at radius 1 is 1.18 bits per heavy atom. The lowest BCUT2D eigenvalue weighted by Crippen LogP contribution is -2.20. The number of benzene rings is 2. The minimum absolute atomic E-state index is 0.115. The van der Waals surface area contributed by atoms with Crippen LogP contribution in [-0.2, 0) is 22.6 Å². The first-order valence-corrected chi connectivity index (χ1v) is 9.46. The van der Waals surface area contributed by atoms with Crippen LogP contribution in [0.2, 0.25) is 5.02 Å². The molecule has 0 saturated heterocycles. The number of Topliss-reactive ketones (excluding diaryl/α,β-unsaturated/α-hetero) is 1. The van der Waals surface area contributed by atoms with Crippen molar-refractivity contribution in [3.8, 4) is 5.75 Å². The van der Waals surface area contributed by atoms with Crippen molar-refractivity contribution in [2.45, 2.75) is 26.9 Å². The van der Waals surface area contributed by atoms with Gasteiger partial charge in [-0.1, -0.05) is 65.7 Å². The van der Waals surface area contributed by atoms with Crippen LogP contribution in [0.5, 0.6) is 5.75 Å². The number of rotatable bonds is 6. The fraction of sp³-hybridized carbons (Fsp3) is 0.217. The highest BCUT2D eigenvalue weighted by Crippen LogP contribution is 2.37. The molecule has 4 nitrogen and oxygen atoms in total. The number of hydrogen-bond acceptors (Lipinski definition) is 4. The standard InChI is InChI=1S/C23H21ClO4/c1-3-27-23(26)21(25)20-18-11-7-8-15(2)12-17(18)13-19(24)22(20)28-14-16-9-5-4-6-10-16/h4-11,13H,3,12,14H2,1-2H3. The molecule has 0 heterocycles. The minimum atomic E-state index is -0.918. The van der Waals surface area contributed by atoms with Crippen molar-refractivity contribution in [1.82, 2.24) is 0 Å². The molecule has 28 heavy (non-hydrogen) atoms. The lowest BCUT2D eigenvalue weighted by molar-refractivity contribution is -0.137. The molecule has 0 spiro atoms. The van der Waals surface area contributed by atoms with Gasteiger partial charge >= 0.3 is 5.97 Å². The zero-order valence-electron chi connectivity index (χ0n) is 15.8. The molecule has 1 aliphatic rings. The smallest absolute Gasteiger partial charge is 0.379 e. The van der Waals surface area contributed by atoms with Gasteiger partial charge in [-0.2, -0.15) is 0 Å². The molecule has 0 atom stereocenters.